The van der Waals surface area contributed by atoms with E-state index in [9.17, 15) is 0 Å². The molecule has 2 rings (SSSR count). The lowest BCUT2D eigenvalue weighted by molar-refractivity contribution is 0.760. The summed E-state index contributed by atoms with van der Waals surface area (Å²) in [5.41, 5.74) is 1.40. The Morgan fingerprint density at radius 1 is 1.37 bits per heavy atom. The summed E-state index contributed by atoms with van der Waals surface area (Å²) in [6.45, 7) is 2.65. The highest BCUT2D eigenvalue weighted by Gasteiger charge is 2.11. The standard InChI is InChI=1S/C14H16N4S/c1-11-13(10-15)14(18(2)17-11)16-8-9-19-12-6-4-3-5-7-12/h3-7,16H,8-9H2,1-2H3. The fourth-order valence-corrected chi connectivity index (χ4v) is 2.64. The second-order valence-corrected chi connectivity index (χ2v) is 5.30. The summed E-state index contributed by atoms with van der Waals surface area (Å²) in [5, 5.41) is 16.6. The van der Waals surface area contributed by atoms with E-state index in [0.29, 0.717) is 5.56 Å². The van der Waals surface area contributed by atoms with Crippen LogP contribution in [0.1, 0.15) is 11.3 Å². The quantitative estimate of drug-likeness (QED) is 0.671. The average molecular weight is 272 g/mol. The second-order valence-electron chi connectivity index (χ2n) is 4.13. The Morgan fingerprint density at radius 2 is 2.11 bits per heavy atom. The predicted molar refractivity (Wildman–Crippen MR) is 78.3 cm³/mol. The van der Waals surface area contributed by atoms with Gasteiger partial charge in [0.15, 0.2) is 0 Å². The maximum atomic E-state index is 9.10. The summed E-state index contributed by atoms with van der Waals surface area (Å²) in [6, 6.07) is 12.5. The molecule has 1 N–H and O–H groups in total. The van der Waals surface area contributed by atoms with Gasteiger partial charge in [0.05, 0.1) is 5.69 Å². The maximum Gasteiger partial charge on any atom is 0.142 e. The van der Waals surface area contributed by atoms with Crippen LogP contribution in [0.25, 0.3) is 0 Å². The SMILES string of the molecule is Cc1nn(C)c(NCCSc2ccccc2)c1C#N. The molecule has 98 valence electrons. The third-order valence-corrected chi connectivity index (χ3v) is 3.75. The van der Waals surface area contributed by atoms with Crippen LogP contribution in [0.15, 0.2) is 35.2 Å². The average Bonchev–Trinajstić information content (AvgIpc) is 2.70. The van der Waals surface area contributed by atoms with Crippen molar-refractivity contribution in [2.75, 3.05) is 17.6 Å². The Bertz CT molecular complexity index is 583. The first-order valence-corrected chi connectivity index (χ1v) is 7.06. The molecule has 0 amide bonds. The molecule has 0 saturated carbocycles. The first-order chi connectivity index (χ1) is 9.22. The number of nitrogens with one attached hydrogen (secondary N) is 1. The van der Waals surface area contributed by atoms with E-state index in [-0.39, 0.29) is 0 Å². The Balaban J connectivity index is 1.88. The number of rotatable bonds is 5. The van der Waals surface area contributed by atoms with Crippen molar-refractivity contribution in [3.63, 3.8) is 0 Å². The van der Waals surface area contributed by atoms with Crippen molar-refractivity contribution in [2.45, 2.75) is 11.8 Å². The highest BCUT2D eigenvalue weighted by molar-refractivity contribution is 7.99. The largest absolute Gasteiger partial charge is 0.368 e. The van der Waals surface area contributed by atoms with Gasteiger partial charge in [-0.3, -0.25) is 4.68 Å². The molecule has 0 fully saturated rings. The van der Waals surface area contributed by atoms with Crippen LogP contribution in [0.5, 0.6) is 0 Å². The van der Waals surface area contributed by atoms with Crippen LogP contribution in [-0.2, 0) is 7.05 Å². The zero-order valence-electron chi connectivity index (χ0n) is 11.1. The fourth-order valence-electron chi connectivity index (χ4n) is 1.85. The first kappa shape index (κ1) is 13.5. The molecular formula is C14H16N4S. The second kappa shape index (κ2) is 6.30. The molecule has 1 heterocycles. The lowest BCUT2D eigenvalue weighted by atomic mass is 10.2. The van der Waals surface area contributed by atoms with E-state index in [2.05, 4.69) is 28.6 Å². The Labute approximate surface area is 117 Å². The van der Waals surface area contributed by atoms with Crippen LogP contribution < -0.4 is 5.32 Å². The Kier molecular flexibility index (Phi) is 4.48. The van der Waals surface area contributed by atoms with Crippen molar-refractivity contribution in [3.05, 3.63) is 41.6 Å². The number of benzene rings is 1. The molecule has 19 heavy (non-hydrogen) atoms. The van der Waals surface area contributed by atoms with E-state index in [0.717, 1.165) is 23.8 Å². The van der Waals surface area contributed by atoms with Crippen LogP contribution >= 0.6 is 11.8 Å². The minimum absolute atomic E-state index is 0.632. The molecule has 0 radical (unpaired) electrons. The van der Waals surface area contributed by atoms with Crippen molar-refractivity contribution >= 4 is 17.6 Å². The van der Waals surface area contributed by atoms with Gasteiger partial charge in [-0.15, -0.1) is 11.8 Å². The van der Waals surface area contributed by atoms with E-state index in [1.54, 1.807) is 16.4 Å². The summed E-state index contributed by atoms with van der Waals surface area (Å²) < 4.78 is 1.72. The predicted octanol–water partition coefficient (Wildman–Crippen LogP) is 2.80. The van der Waals surface area contributed by atoms with Gasteiger partial charge in [0.1, 0.15) is 17.5 Å². The topological polar surface area (TPSA) is 53.6 Å². The van der Waals surface area contributed by atoms with Crippen molar-refractivity contribution in [3.8, 4) is 6.07 Å². The normalized spacial score (nSPS) is 10.2. The minimum Gasteiger partial charge on any atom is -0.368 e. The summed E-state index contributed by atoms with van der Waals surface area (Å²) in [7, 11) is 1.85. The van der Waals surface area contributed by atoms with Gasteiger partial charge < -0.3 is 5.32 Å². The van der Waals surface area contributed by atoms with Gasteiger partial charge in [0, 0.05) is 24.2 Å². The molecule has 0 aliphatic rings. The monoisotopic (exact) mass is 272 g/mol. The lowest BCUT2D eigenvalue weighted by Gasteiger charge is -2.06. The molecule has 1 aromatic heterocycles. The van der Waals surface area contributed by atoms with Gasteiger partial charge in [-0.2, -0.15) is 10.4 Å². The zero-order chi connectivity index (χ0) is 13.7. The third kappa shape index (κ3) is 3.30. The molecule has 0 saturated heterocycles. The number of hydrogen-bond donors (Lipinski definition) is 1. The lowest BCUT2D eigenvalue weighted by Crippen LogP contribution is -2.09. The van der Waals surface area contributed by atoms with E-state index in [4.69, 9.17) is 5.26 Å². The summed E-state index contributed by atoms with van der Waals surface area (Å²) >= 11 is 1.79. The summed E-state index contributed by atoms with van der Waals surface area (Å²) in [6.07, 6.45) is 0. The van der Waals surface area contributed by atoms with E-state index >= 15 is 0 Å². The van der Waals surface area contributed by atoms with Gasteiger partial charge in [0.25, 0.3) is 0 Å². The molecule has 5 heteroatoms. The molecule has 0 spiro atoms. The maximum absolute atomic E-state index is 9.10. The highest BCUT2D eigenvalue weighted by atomic mass is 32.2. The fraction of sp³-hybridized carbons (Fsp3) is 0.286. The molecule has 0 unspecified atom stereocenters. The van der Waals surface area contributed by atoms with Crippen molar-refractivity contribution in [1.29, 1.82) is 5.26 Å². The molecule has 0 aliphatic heterocycles. The number of aromatic nitrogens is 2. The van der Waals surface area contributed by atoms with E-state index in [1.807, 2.05) is 32.2 Å². The number of hydrogen-bond acceptors (Lipinski definition) is 4. The van der Waals surface area contributed by atoms with E-state index < -0.39 is 0 Å². The number of thioether (sulfide) groups is 1. The summed E-state index contributed by atoms with van der Waals surface area (Å²) in [5.74, 6) is 1.74. The molecule has 2 aromatic rings. The van der Waals surface area contributed by atoms with Crippen LogP contribution in [0.4, 0.5) is 5.82 Å². The molecule has 4 nitrogen and oxygen atoms in total. The van der Waals surface area contributed by atoms with Gasteiger partial charge in [0.2, 0.25) is 0 Å². The van der Waals surface area contributed by atoms with Gasteiger partial charge >= 0.3 is 0 Å². The van der Waals surface area contributed by atoms with Crippen LogP contribution in [0.2, 0.25) is 0 Å². The molecular weight excluding hydrogens is 256 g/mol. The van der Waals surface area contributed by atoms with Gasteiger partial charge in [-0.05, 0) is 19.1 Å². The highest BCUT2D eigenvalue weighted by Crippen LogP contribution is 2.19. The number of aryl methyl sites for hydroxylation is 2. The van der Waals surface area contributed by atoms with E-state index in [1.165, 1.54) is 4.90 Å². The van der Waals surface area contributed by atoms with Crippen LogP contribution in [-0.4, -0.2) is 22.1 Å². The summed E-state index contributed by atoms with van der Waals surface area (Å²) in [4.78, 5) is 1.26. The Morgan fingerprint density at radius 3 is 2.79 bits per heavy atom. The minimum atomic E-state index is 0.632. The smallest absolute Gasteiger partial charge is 0.142 e. The molecule has 0 aliphatic carbocycles. The van der Waals surface area contributed by atoms with Crippen LogP contribution in [0, 0.1) is 18.3 Å². The number of anilines is 1. The molecule has 0 bridgehead atoms. The number of nitrogens with zero attached hydrogens (tertiary/aromatic N) is 3. The van der Waals surface area contributed by atoms with Crippen molar-refractivity contribution in [2.24, 2.45) is 7.05 Å². The zero-order valence-corrected chi connectivity index (χ0v) is 11.9. The van der Waals surface area contributed by atoms with Gasteiger partial charge in [-0.25, -0.2) is 0 Å². The molecule has 0 atom stereocenters. The van der Waals surface area contributed by atoms with Gasteiger partial charge in [-0.1, -0.05) is 18.2 Å². The molecule has 1 aromatic carbocycles. The van der Waals surface area contributed by atoms with Crippen molar-refractivity contribution in [1.82, 2.24) is 9.78 Å². The van der Waals surface area contributed by atoms with Crippen LogP contribution in [0.3, 0.4) is 0 Å². The van der Waals surface area contributed by atoms with Crippen molar-refractivity contribution < 1.29 is 0 Å². The third-order valence-electron chi connectivity index (χ3n) is 2.74. The Hall–Kier alpha value is -1.93. The number of nitriles is 1. The first-order valence-electron chi connectivity index (χ1n) is 6.08.